The number of benzene rings is 2. The number of anilines is 1. The maximum Gasteiger partial charge on any atom is 0.228 e. The molecule has 0 saturated carbocycles. The minimum Gasteiger partial charge on any atom is -0.378 e. The molecule has 2 aromatic carbocycles. The Balaban J connectivity index is 1.49. The molecule has 3 aromatic rings. The molecule has 1 saturated heterocycles. The second kappa shape index (κ2) is 9.30. The van der Waals surface area contributed by atoms with Crippen LogP contribution in [0.2, 0.25) is 0 Å². The van der Waals surface area contributed by atoms with E-state index in [2.05, 4.69) is 18.2 Å². The molecule has 28 heavy (non-hydrogen) atoms. The van der Waals surface area contributed by atoms with Crippen molar-refractivity contribution in [3.05, 3.63) is 60.2 Å². The number of fused-ring (bicyclic) bond motifs is 1. The Morgan fingerprint density at radius 1 is 1.11 bits per heavy atom. The van der Waals surface area contributed by atoms with Gasteiger partial charge >= 0.3 is 0 Å². The first kappa shape index (κ1) is 19.1. The van der Waals surface area contributed by atoms with E-state index in [1.807, 2.05) is 41.3 Å². The molecule has 0 bridgehead atoms. The summed E-state index contributed by atoms with van der Waals surface area (Å²) in [6.07, 6.45) is 5.76. The number of amides is 1. The summed E-state index contributed by atoms with van der Waals surface area (Å²) in [5.74, 6) is 0.143. The van der Waals surface area contributed by atoms with Gasteiger partial charge in [0.15, 0.2) is 5.13 Å². The Morgan fingerprint density at radius 2 is 1.93 bits per heavy atom. The number of thiazole rings is 1. The molecule has 1 aromatic heterocycles. The van der Waals surface area contributed by atoms with Crippen molar-refractivity contribution in [2.24, 2.45) is 0 Å². The lowest BCUT2D eigenvalue weighted by Gasteiger charge is -2.24. The van der Waals surface area contributed by atoms with Crippen molar-refractivity contribution in [3.63, 3.8) is 0 Å². The Bertz CT molecular complexity index is 870. The molecule has 1 fully saturated rings. The van der Waals surface area contributed by atoms with Crippen molar-refractivity contribution in [1.82, 2.24) is 4.98 Å². The van der Waals surface area contributed by atoms with Crippen LogP contribution in [0.1, 0.15) is 37.7 Å². The Morgan fingerprint density at radius 3 is 2.71 bits per heavy atom. The normalized spacial score (nSPS) is 16.9. The standard InChI is InChI=1S/C23H26N2O2S/c26-22(14-13-19-10-6-7-17-27-19)25(16-15-18-8-2-1-3-9-18)23-24-20-11-4-5-12-21(20)28-23/h1-5,8-9,11-12,19H,6-7,10,13-17H2. The number of carbonyl (C=O) groups excluding carboxylic acids is 1. The number of para-hydroxylation sites is 1. The molecule has 1 atom stereocenters. The summed E-state index contributed by atoms with van der Waals surface area (Å²) in [7, 11) is 0. The van der Waals surface area contributed by atoms with E-state index in [1.54, 1.807) is 11.3 Å². The molecule has 146 valence electrons. The maximum absolute atomic E-state index is 13.1. The van der Waals surface area contributed by atoms with Crippen LogP contribution in [-0.4, -0.2) is 30.1 Å². The fourth-order valence-corrected chi connectivity index (χ4v) is 4.65. The topological polar surface area (TPSA) is 42.4 Å². The first-order chi connectivity index (χ1) is 13.8. The summed E-state index contributed by atoms with van der Waals surface area (Å²) in [5.41, 5.74) is 2.19. The summed E-state index contributed by atoms with van der Waals surface area (Å²) in [5, 5.41) is 0.798. The third-order valence-electron chi connectivity index (χ3n) is 5.24. The van der Waals surface area contributed by atoms with Gasteiger partial charge in [-0.15, -0.1) is 0 Å². The zero-order chi connectivity index (χ0) is 19.2. The first-order valence-electron chi connectivity index (χ1n) is 10.1. The fourth-order valence-electron chi connectivity index (χ4n) is 3.64. The van der Waals surface area contributed by atoms with Gasteiger partial charge in [-0.2, -0.15) is 0 Å². The van der Waals surface area contributed by atoms with Crippen molar-refractivity contribution in [3.8, 4) is 0 Å². The van der Waals surface area contributed by atoms with E-state index in [4.69, 9.17) is 9.72 Å². The molecular formula is C23H26N2O2S. The van der Waals surface area contributed by atoms with Crippen molar-refractivity contribution in [1.29, 1.82) is 0 Å². The average molecular weight is 395 g/mol. The van der Waals surface area contributed by atoms with E-state index >= 15 is 0 Å². The van der Waals surface area contributed by atoms with E-state index < -0.39 is 0 Å². The first-order valence-corrected chi connectivity index (χ1v) is 10.9. The fraction of sp³-hybridized carbons (Fsp3) is 0.391. The van der Waals surface area contributed by atoms with Crippen LogP contribution in [0.25, 0.3) is 10.2 Å². The van der Waals surface area contributed by atoms with Crippen LogP contribution >= 0.6 is 11.3 Å². The minimum absolute atomic E-state index is 0.143. The molecule has 4 nitrogen and oxygen atoms in total. The highest BCUT2D eigenvalue weighted by Crippen LogP contribution is 2.29. The van der Waals surface area contributed by atoms with E-state index in [0.29, 0.717) is 13.0 Å². The summed E-state index contributed by atoms with van der Waals surface area (Å²) >= 11 is 1.59. The van der Waals surface area contributed by atoms with Gasteiger partial charge < -0.3 is 4.74 Å². The van der Waals surface area contributed by atoms with Gasteiger partial charge in [-0.1, -0.05) is 53.8 Å². The Hall–Kier alpha value is -2.24. The van der Waals surface area contributed by atoms with E-state index in [0.717, 1.165) is 47.6 Å². The monoisotopic (exact) mass is 394 g/mol. The van der Waals surface area contributed by atoms with Crippen molar-refractivity contribution >= 4 is 32.6 Å². The van der Waals surface area contributed by atoms with Crippen LogP contribution in [0.3, 0.4) is 0 Å². The van der Waals surface area contributed by atoms with Crippen LogP contribution in [0.15, 0.2) is 54.6 Å². The largest absolute Gasteiger partial charge is 0.378 e. The molecule has 1 unspecified atom stereocenters. The summed E-state index contributed by atoms with van der Waals surface area (Å²) in [6.45, 7) is 1.47. The van der Waals surface area contributed by atoms with Gasteiger partial charge in [0.05, 0.1) is 16.3 Å². The number of aromatic nitrogens is 1. The zero-order valence-corrected chi connectivity index (χ0v) is 16.9. The number of hydrogen-bond acceptors (Lipinski definition) is 4. The van der Waals surface area contributed by atoms with Gasteiger partial charge in [-0.05, 0) is 49.8 Å². The lowest BCUT2D eigenvalue weighted by Crippen LogP contribution is -2.33. The summed E-state index contributed by atoms with van der Waals surface area (Å²) in [6, 6.07) is 18.4. The summed E-state index contributed by atoms with van der Waals surface area (Å²) in [4.78, 5) is 19.7. The van der Waals surface area contributed by atoms with Crippen molar-refractivity contribution < 1.29 is 9.53 Å². The molecule has 1 amide bonds. The Kier molecular flexibility index (Phi) is 6.34. The van der Waals surface area contributed by atoms with Gasteiger partial charge in [0.1, 0.15) is 0 Å². The molecule has 2 heterocycles. The molecule has 0 N–H and O–H groups in total. The molecule has 0 aliphatic carbocycles. The highest BCUT2D eigenvalue weighted by atomic mass is 32.1. The highest BCUT2D eigenvalue weighted by Gasteiger charge is 2.22. The van der Waals surface area contributed by atoms with Crippen LogP contribution in [0.4, 0.5) is 5.13 Å². The van der Waals surface area contributed by atoms with E-state index in [9.17, 15) is 4.79 Å². The van der Waals surface area contributed by atoms with Gasteiger partial charge in [0, 0.05) is 19.6 Å². The van der Waals surface area contributed by atoms with E-state index in [1.165, 1.54) is 12.0 Å². The van der Waals surface area contributed by atoms with Crippen LogP contribution in [0, 0.1) is 0 Å². The average Bonchev–Trinajstić information content (AvgIpc) is 3.18. The number of hydrogen-bond donors (Lipinski definition) is 0. The number of ether oxygens (including phenoxy) is 1. The van der Waals surface area contributed by atoms with E-state index in [-0.39, 0.29) is 12.0 Å². The maximum atomic E-state index is 13.1. The number of rotatable bonds is 7. The van der Waals surface area contributed by atoms with Gasteiger partial charge in [-0.25, -0.2) is 4.98 Å². The van der Waals surface area contributed by atoms with Crippen LogP contribution in [-0.2, 0) is 16.0 Å². The predicted molar refractivity (Wildman–Crippen MR) is 115 cm³/mol. The predicted octanol–water partition coefficient (Wildman–Crippen LogP) is 5.22. The van der Waals surface area contributed by atoms with Gasteiger partial charge in [0.2, 0.25) is 5.91 Å². The summed E-state index contributed by atoms with van der Waals surface area (Å²) < 4.78 is 6.92. The molecular weight excluding hydrogens is 368 g/mol. The smallest absolute Gasteiger partial charge is 0.228 e. The zero-order valence-electron chi connectivity index (χ0n) is 16.0. The number of carbonyl (C=O) groups is 1. The SMILES string of the molecule is O=C(CCC1CCCCO1)N(CCc1ccccc1)c1nc2ccccc2s1. The molecule has 4 rings (SSSR count). The third kappa shape index (κ3) is 4.78. The molecule has 1 aliphatic heterocycles. The van der Waals surface area contributed by atoms with Gasteiger partial charge in [0.25, 0.3) is 0 Å². The third-order valence-corrected chi connectivity index (χ3v) is 6.30. The lowest BCUT2D eigenvalue weighted by atomic mass is 10.0. The molecule has 0 radical (unpaired) electrons. The quantitative estimate of drug-likeness (QED) is 0.552. The number of nitrogens with zero attached hydrogens (tertiary/aromatic N) is 2. The molecule has 0 spiro atoms. The lowest BCUT2D eigenvalue weighted by molar-refractivity contribution is -0.119. The van der Waals surface area contributed by atoms with Crippen molar-refractivity contribution in [2.75, 3.05) is 18.1 Å². The molecule has 1 aliphatic rings. The second-order valence-corrected chi connectivity index (χ2v) is 8.28. The van der Waals surface area contributed by atoms with Crippen LogP contribution < -0.4 is 4.90 Å². The highest BCUT2D eigenvalue weighted by molar-refractivity contribution is 7.22. The Labute approximate surface area is 170 Å². The van der Waals surface area contributed by atoms with Gasteiger partial charge in [-0.3, -0.25) is 9.69 Å². The molecule has 5 heteroatoms. The second-order valence-electron chi connectivity index (χ2n) is 7.27. The van der Waals surface area contributed by atoms with Crippen LogP contribution in [0.5, 0.6) is 0 Å². The van der Waals surface area contributed by atoms with Crippen molar-refractivity contribution in [2.45, 2.75) is 44.6 Å². The minimum atomic E-state index is 0.143.